The summed E-state index contributed by atoms with van der Waals surface area (Å²) >= 11 is 1.66. The van der Waals surface area contributed by atoms with Gasteiger partial charge in [0.2, 0.25) is 11.8 Å². The van der Waals surface area contributed by atoms with Crippen LogP contribution in [0.15, 0.2) is 10.8 Å². The van der Waals surface area contributed by atoms with Gasteiger partial charge in [-0.05, 0) is 47.6 Å². The summed E-state index contributed by atoms with van der Waals surface area (Å²) in [7, 11) is 0. The van der Waals surface area contributed by atoms with Gasteiger partial charge in [-0.3, -0.25) is 9.59 Å². The van der Waals surface area contributed by atoms with Crippen molar-refractivity contribution in [2.45, 2.75) is 38.8 Å². The molecule has 1 saturated heterocycles. The van der Waals surface area contributed by atoms with Crippen LogP contribution in [0.1, 0.15) is 30.4 Å². The molecule has 102 valence electrons. The number of nitrogens with zero attached hydrogens (tertiary/aromatic N) is 1. The number of aryl methyl sites for hydroxylation is 1. The summed E-state index contributed by atoms with van der Waals surface area (Å²) in [6.07, 6.45) is 2.53. The molecule has 1 unspecified atom stereocenters. The molecule has 1 aliphatic carbocycles. The summed E-state index contributed by atoms with van der Waals surface area (Å²) in [5, 5.41) is 7.08. The zero-order valence-corrected chi connectivity index (χ0v) is 11.8. The summed E-state index contributed by atoms with van der Waals surface area (Å²) in [5.41, 5.74) is 2.42. The van der Waals surface area contributed by atoms with Crippen LogP contribution in [-0.2, 0) is 16.1 Å². The molecule has 2 heterocycles. The zero-order valence-electron chi connectivity index (χ0n) is 11.0. The lowest BCUT2D eigenvalue weighted by Crippen LogP contribution is -2.45. The van der Waals surface area contributed by atoms with E-state index in [4.69, 9.17) is 0 Å². The van der Waals surface area contributed by atoms with E-state index in [1.54, 1.807) is 11.3 Å². The van der Waals surface area contributed by atoms with Gasteiger partial charge in [0, 0.05) is 19.5 Å². The standard InChI is InChI=1S/C14H18N2O2S/c1-9-7-19-8-11(9)6-16-5-4-12(17)15-13(14(16)18)10-2-3-10/h7-8,10,13H,2-6H2,1H3,(H,15,17). The Morgan fingerprint density at radius 1 is 1.37 bits per heavy atom. The van der Waals surface area contributed by atoms with Crippen molar-refractivity contribution >= 4 is 23.2 Å². The number of nitrogens with one attached hydrogen (secondary N) is 1. The van der Waals surface area contributed by atoms with Crippen LogP contribution in [0.3, 0.4) is 0 Å². The topological polar surface area (TPSA) is 49.4 Å². The minimum atomic E-state index is -0.283. The summed E-state index contributed by atoms with van der Waals surface area (Å²) in [6, 6.07) is -0.283. The molecule has 1 N–H and O–H groups in total. The van der Waals surface area contributed by atoms with Crippen LogP contribution in [0.4, 0.5) is 0 Å². The predicted octanol–water partition coefficient (Wildman–Crippen LogP) is 1.68. The number of carbonyl (C=O) groups excluding carboxylic acids is 2. The van der Waals surface area contributed by atoms with E-state index in [0.29, 0.717) is 25.4 Å². The Balaban J connectivity index is 1.77. The number of hydrogen-bond donors (Lipinski definition) is 1. The molecule has 2 aliphatic rings. The average Bonchev–Trinajstić information content (AvgIpc) is 3.15. The van der Waals surface area contributed by atoms with Gasteiger partial charge in [-0.1, -0.05) is 0 Å². The van der Waals surface area contributed by atoms with Gasteiger partial charge >= 0.3 is 0 Å². The van der Waals surface area contributed by atoms with E-state index in [1.807, 2.05) is 4.90 Å². The van der Waals surface area contributed by atoms with Crippen LogP contribution < -0.4 is 5.32 Å². The normalized spacial score (nSPS) is 24.3. The molecule has 19 heavy (non-hydrogen) atoms. The lowest BCUT2D eigenvalue weighted by molar-refractivity contribution is -0.134. The van der Waals surface area contributed by atoms with Gasteiger partial charge in [0.25, 0.3) is 0 Å². The maximum absolute atomic E-state index is 12.5. The Kier molecular flexibility index (Phi) is 3.31. The molecule has 3 rings (SSSR count). The van der Waals surface area contributed by atoms with E-state index < -0.39 is 0 Å². The Morgan fingerprint density at radius 3 is 2.79 bits per heavy atom. The van der Waals surface area contributed by atoms with Gasteiger partial charge in [-0.25, -0.2) is 0 Å². The van der Waals surface area contributed by atoms with Crippen LogP contribution in [-0.4, -0.2) is 29.3 Å². The van der Waals surface area contributed by atoms with Crippen LogP contribution in [0.25, 0.3) is 0 Å². The second kappa shape index (κ2) is 4.96. The molecule has 1 aromatic rings. The zero-order chi connectivity index (χ0) is 13.4. The molecule has 0 aromatic carbocycles. The minimum Gasteiger partial charge on any atom is -0.344 e. The van der Waals surface area contributed by atoms with Crippen molar-refractivity contribution < 1.29 is 9.59 Å². The second-order valence-electron chi connectivity index (χ2n) is 5.47. The second-order valence-corrected chi connectivity index (χ2v) is 6.22. The molecule has 4 nitrogen and oxygen atoms in total. The Hall–Kier alpha value is -1.36. The number of hydrogen-bond acceptors (Lipinski definition) is 3. The van der Waals surface area contributed by atoms with Gasteiger partial charge in [0.15, 0.2) is 0 Å². The summed E-state index contributed by atoms with van der Waals surface area (Å²) in [6.45, 7) is 3.23. The molecule has 0 radical (unpaired) electrons. The first-order valence-electron chi connectivity index (χ1n) is 6.75. The maximum atomic E-state index is 12.5. The van der Waals surface area contributed by atoms with Gasteiger partial charge < -0.3 is 10.2 Å². The monoisotopic (exact) mass is 278 g/mol. The fraction of sp³-hybridized carbons (Fsp3) is 0.571. The van der Waals surface area contributed by atoms with Gasteiger partial charge in [0.05, 0.1) is 0 Å². The van der Waals surface area contributed by atoms with Crippen LogP contribution in [0.5, 0.6) is 0 Å². The summed E-state index contributed by atoms with van der Waals surface area (Å²) in [4.78, 5) is 26.1. The van der Waals surface area contributed by atoms with Crippen LogP contribution >= 0.6 is 11.3 Å². The van der Waals surface area contributed by atoms with E-state index in [0.717, 1.165) is 12.8 Å². The van der Waals surface area contributed by atoms with Gasteiger partial charge in [-0.15, -0.1) is 0 Å². The molecule has 1 atom stereocenters. The molecule has 2 fully saturated rings. The fourth-order valence-electron chi connectivity index (χ4n) is 2.51. The fourth-order valence-corrected chi connectivity index (χ4v) is 3.36. The summed E-state index contributed by atoms with van der Waals surface area (Å²) < 4.78 is 0. The highest BCUT2D eigenvalue weighted by atomic mass is 32.1. The van der Waals surface area contributed by atoms with E-state index in [2.05, 4.69) is 23.0 Å². The smallest absolute Gasteiger partial charge is 0.245 e. The predicted molar refractivity (Wildman–Crippen MR) is 73.7 cm³/mol. The Morgan fingerprint density at radius 2 is 2.16 bits per heavy atom. The van der Waals surface area contributed by atoms with Crippen molar-refractivity contribution in [3.8, 4) is 0 Å². The van der Waals surface area contributed by atoms with Gasteiger partial charge in [-0.2, -0.15) is 11.3 Å². The van der Waals surface area contributed by atoms with Crippen LogP contribution in [0, 0.1) is 12.8 Å². The molecule has 5 heteroatoms. The lowest BCUT2D eigenvalue weighted by atomic mass is 10.1. The first-order chi connectivity index (χ1) is 9.15. The van der Waals surface area contributed by atoms with E-state index in [9.17, 15) is 9.59 Å². The molecular weight excluding hydrogens is 260 g/mol. The van der Waals surface area contributed by atoms with Crippen LogP contribution in [0.2, 0.25) is 0 Å². The van der Waals surface area contributed by atoms with E-state index in [1.165, 1.54) is 11.1 Å². The molecule has 1 aliphatic heterocycles. The van der Waals surface area contributed by atoms with Crippen molar-refractivity contribution in [1.29, 1.82) is 0 Å². The molecule has 2 amide bonds. The summed E-state index contributed by atoms with van der Waals surface area (Å²) in [5.74, 6) is 0.467. The molecule has 1 saturated carbocycles. The van der Waals surface area contributed by atoms with Crippen molar-refractivity contribution in [2.24, 2.45) is 5.92 Å². The Bertz CT molecular complexity index is 507. The van der Waals surface area contributed by atoms with Gasteiger partial charge in [0.1, 0.15) is 6.04 Å². The highest BCUT2D eigenvalue weighted by Gasteiger charge is 2.40. The van der Waals surface area contributed by atoms with E-state index >= 15 is 0 Å². The van der Waals surface area contributed by atoms with Crippen molar-refractivity contribution in [1.82, 2.24) is 10.2 Å². The quantitative estimate of drug-likeness (QED) is 0.914. The van der Waals surface area contributed by atoms with Crippen molar-refractivity contribution in [2.75, 3.05) is 6.54 Å². The highest BCUT2D eigenvalue weighted by molar-refractivity contribution is 7.08. The Labute approximate surface area is 116 Å². The molecule has 0 bridgehead atoms. The molecular formula is C14H18N2O2S. The van der Waals surface area contributed by atoms with Crippen molar-refractivity contribution in [3.05, 3.63) is 21.9 Å². The highest BCUT2D eigenvalue weighted by Crippen LogP contribution is 2.34. The molecule has 0 spiro atoms. The third-order valence-electron chi connectivity index (χ3n) is 3.92. The minimum absolute atomic E-state index is 0.00907. The third kappa shape index (κ3) is 2.66. The maximum Gasteiger partial charge on any atom is 0.245 e. The van der Waals surface area contributed by atoms with Crippen molar-refractivity contribution in [3.63, 3.8) is 0 Å². The number of thiophene rings is 1. The SMILES string of the molecule is Cc1cscc1CN1CCC(=O)NC(C2CC2)C1=O. The third-order valence-corrected chi connectivity index (χ3v) is 4.83. The number of rotatable bonds is 3. The first-order valence-corrected chi connectivity index (χ1v) is 7.69. The largest absolute Gasteiger partial charge is 0.344 e. The lowest BCUT2D eigenvalue weighted by Gasteiger charge is -2.24. The first kappa shape index (κ1) is 12.7. The van der Waals surface area contributed by atoms with E-state index in [-0.39, 0.29) is 17.9 Å². The number of carbonyl (C=O) groups is 2. The average molecular weight is 278 g/mol. The number of amides is 2. The molecule has 1 aromatic heterocycles.